The van der Waals surface area contributed by atoms with Crippen LogP contribution in [0.5, 0.6) is 0 Å². The molecule has 1 fully saturated rings. The van der Waals surface area contributed by atoms with Crippen LogP contribution < -0.4 is 0 Å². The lowest BCUT2D eigenvalue weighted by atomic mass is 10.2. The third-order valence-corrected chi connectivity index (χ3v) is 5.49. The summed E-state index contributed by atoms with van der Waals surface area (Å²) < 4.78 is 10.4. The second kappa shape index (κ2) is 6.87. The molecule has 0 spiro atoms. The van der Waals surface area contributed by atoms with Crippen LogP contribution in [0.25, 0.3) is 9.88 Å². The average Bonchev–Trinajstić information content (AvgIpc) is 3.16. The van der Waals surface area contributed by atoms with E-state index in [9.17, 15) is 4.79 Å². The molecule has 2 atom stereocenters. The number of hydrogen-bond acceptors (Lipinski definition) is 7. The van der Waals surface area contributed by atoms with Gasteiger partial charge >= 0.3 is 5.97 Å². The first-order valence-electron chi connectivity index (χ1n) is 7.10. The molecule has 3 heterocycles. The Balaban J connectivity index is 1.66. The number of rotatable bonds is 4. The Hall–Kier alpha value is -1.28. The molecule has 0 radical (unpaired) electrons. The molecule has 0 aromatic carbocycles. The Morgan fingerprint density at radius 2 is 2.41 bits per heavy atom. The largest absolute Gasteiger partial charge is 0.467 e. The highest BCUT2D eigenvalue weighted by molar-refractivity contribution is 7.20. The summed E-state index contributed by atoms with van der Waals surface area (Å²) in [6, 6.07) is 4.11. The van der Waals surface area contributed by atoms with Crippen LogP contribution in [-0.4, -0.2) is 48.3 Å². The molecule has 0 N–H and O–H groups in total. The fourth-order valence-electron chi connectivity index (χ4n) is 2.54. The van der Waals surface area contributed by atoms with E-state index < -0.39 is 6.10 Å². The molecule has 0 amide bonds. The molecule has 0 bridgehead atoms. The zero-order chi connectivity index (χ0) is 15.5. The summed E-state index contributed by atoms with van der Waals surface area (Å²) in [4.78, 5) is 20.8. The summed E-state index contributed by atoms with van der Waals surface area (Å²) in [5.74, 6) is -0.305. The molecular formula is C15H18N2O3S2. The van der Waals surface area contributed by atoms with E-state index in [4.69, 9.17) is 9.47 Å². The molecule has 22 heavy (non-hydrogen) atoms. The van der Waals surface area contributed by atoms with E-state index in [-0.39, 0.29) is 12.1 Å². The number of thiophene rings is 1. The number of nitrogens with zero attached hydrogens (tertiary/aromatic N) is 2. The molecule has 0 saturated carbocycles. The molecule has 1 aliphatic heterocycles. The van der Waals surface area contributed by atoms with Crippen LogP contribution in [0.2, 0.25) is 0 Å². The van der Waals surface area contributed by atoms with Crippen LogP contribution in [0.15, 0.2) is 23.7 Å². The van der Waals surface area contributed by atoms with Gasteiger partial charge in [-0.3, -0.25) is 4.90 Å². The van der Waals surface area contributed by atoms with Gasteiger partial charge in [-0.1, -0.05) is 6.07 Å². The fraction of sp³-hybridized carbons (Fsp3) is 0.467. The smallest absolute Gasteiger partial charge is 0.336 e. The molecule has 118 valence electrons. The average molecular weight is 338 g/mol. The molecule has 7 heteroatoms. The lowest BCUT2D eigenvalue weighted by Gasteiger charge is -2.35. The van der Waals surface area contributed by atoms with Crippen molar-refractivity contribution in [3.63, 3.8) is 0 Å². The number of esters is 1. The van der Waals surface area contributed by atoms with Crippen molar-refractivity contribution in [1.82, 2.24) is 9.88 Å². The van der Waals surface area contributed by atoms with E-state index in [1.54, 1.807) is 22.7 Å². The maximum Gasteiger partial charge on any atom is 0.336 e. The van der Waals surface area contributed by atoms with Crippen molar-refractivity contribution in [3.8, 4) is 9.88 Å². The van der Waals surface area contributed by atoms with Crippen LogP contribution in [0.1, 0.15) is 11.8 Å². The standard InChI is InChI=1S/C15H18N2O3S2/c1-10-7-17(9-12(20-10)15(18)19-2)8-11-6-16-14(22-11)13-4-3-5-21-13/h3-6,10,12H,7-9H2,1-2H3/t10-,12-/m1/s1. The summed E-state index contributed by atoms with van der Waals surface area (Å²) >= 11 is 3.40. The first-order chi connectivity index (χ1) is 10.7. The van der Waals surface area contributed by atoms with Crippen LogP contribution in [0.3, 0.4) is 0 Å². The van der Waals surface area contributed by atoms with Gasteiger partial charge in [0.25, 0.3) is 0 Å². The van der Waals surface area contributed by atoms with Gasteiger partial charge in [0.2, 0.25) is 0 Å². The number of carbonyl (C=O) groups excluding carboxylic acids is 1. The predicted molar refractivity (Wildman–Crippen MR) is 87.1 cm³/mol. The van der Waals surface area contributed by atoms with E-state index >= 15 is 0 Å². The minimum atomic E-state index is -0.501. The second-order valence-electron chi connectivity index (χ2n) is 5.26. The van der Waals surface area contributed by atoms with Crippen molar-refractivity contribution in [2.24, 2.45) is 0 Å². The highest BCUT2D eigenvalue weighted by Crippen LogP contribution is 2.29. The van der Waals surface area contributed by atoms with Gasteiger partial charge in [0.15, 0.2) is 6.10 Å². The first kappa shape index (κ1) is 15.6. The molecule has 2 aromatic rings. The normalized spacial score (nSPS) is 22.6. The van der Waals surface area contributed by atoms with Crippen LogP contribution in [-0.2, 0) is 20.8 Å². The van der Waals surface area contributed by atoms with Gasteiger partial charge < -0.3 is 9.47 Å². The highest BCUT2D eigenvalue weighted by atomic mass is 32.1. The number of hydrogen-bond donors (Lipinski definition) is 0. The van der Waals surface area contributed by atoms with Gasteiger partial charge in [0.1, 0.15) is 5.01 Å². The SMILES string of the molecule is COC(=O)[C@H]1CN(Cc2cnc(-c3cccs3)s2)C[C@@H](C)O1. The van der Waals surface area contributed by atoms with Gasteiger partial charge in [-0.2, -0.15) is 0 Å². The zero-order valence-electron chi connectivity index (χ0n) is 12.5. The molecule has 5 nitrogen and oxygen atoms in total. The van der Waals surface area contributed by atoms with Crippen molar-refractivity contribution in [2.75, 3.05) is 20.2 Å². The number of aromatic nitrogens is 1. The van der Waals surface area contributed by atoms with Crippen molar-refractivity contribution in [2.45, 2.75) is 25.7 Å². The van der Waals surface area contributed by atoms with Gasteiger partial charge in [-0.25, -0.2) is 9.78 Å². The van der Waals surface area contributed by atoms with E-state index in [0.717, 1.165) is 18.1 Å². The van der Waals surface area contributed by atoms with Gasteiger partial charge in [-0.15, -0.1) is 22.7 Å². The lowest BCUT2D eigenvalue weighted by molar-refractivity contribution is -0.166. The van der Waals surface area contributed by atoms with E-state index in [1.165, 1.54) is 16.9 Å². The Bertz CT molecular complexity index is 627. The Morgan fingerprint density at radius 1 is 1.55 bits per heavy atom. The molecule has 1 saturated heterocycles. The summed E-state index contributed by atoms with van der Waals surface area (Å²) in [6.07, 6.45) is 1.44. The van der Waals surface area contributed by atoms with E-state index in [0.29, 0.717) is 6.54 Å². The number of ether oxygens (including phenoxy) is 2. The first-order valence-corrected chi connectivity index (χ1v) is 8.79. The van der Waals surface area contributed by atoms with E-state index in [1.807, 2.05) is 19.2 Å². The molecule has 0 aliphatic carbocycles. The summed E-state index contributed by atoms with van der Waals surface area (Å²) in [5.41, 5.74) is 0. The Morgan fingerprint density at radius 3 is 3.14 bits per heavy atom. The van der Waals surface area contributed by atoms with Gasteiger partial charge in [0, 0.05) is 30.7 Å². The number of carbonyl (C=O) groups is 1. The second-order valence-corrected chi connectivity index (χ2v) is 7.32. The minimum absolute atomic E-state index is 0.0162. The third-order valence-electron chi connectivity index (χ3n) is 3.46. The molecule has 2 aromatic heterocycles. The van der Waals surface area contributed by atoms with Crippen LogP contribution in [0.4, 0.5) is 0 Å². The maximum atomic E-state index is 11.7. The topological polar surface area (TPSA) is 51.7 Å². The fourth-order valence-corrected chi connectivity index (χ4v) is 4.30. The number of morpholine rings is 1. The Labute approximate surface area is 137 Å². The molecule has 1 aliphatic rings. The summed E-state index contributed by atoms with van der Waals surface area (Å²) in [6.45, 7) is 4.12. The maximum absolute atomic E-state index is 11.7. The number of methoxy groups -OCH3 is 1. The van der Waals surface area contributed by atoms with Crippen molar-refractivity contribution < 1.29 is 14.3 Å². The van der Waals surface area contributed by atoms with Gasteiger partial charge in [0.05, 0.1) is 18.1 Å². The van der Waals surface area contributed by atoms with Crippen molar-refractivity contribution >= 4 is 28.6 Å². The predicted octanol–water partition coefficient (Wildman–Crippen LogP) is 2.63. The monoisotopic (exact) mass is 338 g/mol. The number of thiazole rings is 1. The van der Waals surface area contributed by atoms with Crippen molar-refractivity contribution in [1.29, 1.82) is 0 Å². The molecule has 3 rings (SSSR count). The summed E-state index contributed by atoms with van der Waals surface area (Å²) in [5, 5.41) is 3.11. The summed E-state index contributed by atoms with van der Waals surface area (Å²) in [7, 11) is 1.39. The minimum Gasteiger partial charge on any atom is -0.467 e. The Kier molecular flexibility index (Phi) is 4.87. The van der Waals surface area contributed by atoms with Gasteiger partial charge in [-0.05, 0) is 18.4 Å². The third kappa shape index (κ3) is 3.55. The van der Waals surface area contributed by atoms with Crippen LogP contribution >= 0.6 is 22.7 Å². The lowest BCUT2D eigenvalue weighted by Crippen LogP contribution is -2.49. The zero-order valence-corrected chi connectivity index (χ0v) is 14.2. The van der Waals surface area contributed by atoms with Crippen LogP contribution in [0, 0.1) is 0 Å². The highest BCUT2D eigenvalue weighted by Gasteiger charge is 2.31. The molecular weight excluding hydrogens is 320 g/mol. The van der Waals surface area contributed by atoms with E-state index in [2.05, 4.69) is 21.3 Å². The molecule has 0 unspecified atom stereocenters. The quantitative estimate of drug-likeness (QED) is 0.802. The van der Waals surface area contributed by atoms with Crippen molar-refractivity contribution in [3.05, 3.63) is 28.6 Å².